The molecule has 1 saturated heterocycles. The molecule has 5 N–H and O–H groups in total. The fourth-order valence-electron chi connectivity index (χ4n) is 3.85. The monoisotopic (exact) mass is 562 g/mol. The predicted molar refractivity (Wildman–Crippen MR) is 139 cm³/mol. The van der Waals surface area contributed by atoms with Crippen LogP contribution >= 0.6 is 0 Å². The highest BCUT2D eigenvalue weighted by molar-refractivity contribution is 5.90. The number of rotatable bonds is 12. The van der Waals surface area contributed by atoms with E-state index in [4.69, 9.17) is 18.9 Å². The fraction of sp³-hybridized carbons (Fsp3) is 0.444. The number of nitrogens with one attached hydrogen (secondary N) is 1. The Morgan fingerprint density at radius 3 is 2.38 bits per heavy atom. The van der Waals surface area contributed by atoms with Gasteiger partial charge in [0.15, 0.2) is 6.10 Å². The molecule has 5 atom stereocenters. The van der Waals surface area contributed by atoms with Crippen molar-refractivity contribution in [2.24, 2.45) is 0 Å². The highest BCUT2D eigenvalue weighted by Gasteiger charge is 2.48. The standard InChI is InChI=1S/C27H34N2O11/c1-3-29(15-37-12-11-17-7-5-4-6-8-17)27(36)38-14-18-9-10-20(19(13-18)28-16(2)30)39-26-23(33)21(31)22(32)24(40-26)25(34)35/h4-10,13,21-24,26,31-33H,3,11-12,14-15H2,1-2H3,(H,28,30)(H,34,35)/t21-,22?,23-,24?,26?/m0/s1. The van der Waals surface area contributed by atoms with Crippen LogP contribution in [0.4, 0.5) is 10.5 Å². The Morgan fingerprint density at radius 1 is 1.00 bits per heavy atom. The van der Waals surface area contributed by atoms with Crippen molar-refractivity contribution in [2.45, 2.75) is 57.6 Å². The Labute approximate surface area is 230 Å². The lowest BCUT2D eigenvalue weighted by Gasteiger charge is -2.38. The van der Waals surface area contributed by atoms with Crippen LogP contribution in [0.2, 0.25) is 0 Å². The molecule has 1 heterocycles. The van der Waals surface area contributed by atoms with Gasteiger partial charge < -0.3 is 44.7 Å². The number of carboxylic acid groups (broad SMARTS) is 1. The van der Waals surface area contributed by atoms with Gasteiger partial charge in [-0.25, -0.2) is 9.59 Å². The molecule has 2 aromatic carbocycles. The van der Waals surface area contributed by atoms with Crippen molar-refractivity contribution in [1.82, 2.24) is 4.90 Å². The second kappa shape index (κ2) is 14.6. The van der Waals surface area contributed by atoms with Crippen molar-refractivity contribution in [3.8, 4) is 5.75 Å². The zero-order valence-corrected chi connectivity index (χ0v) is 22.1. The number of hydrogen-bond acceptors (Lipinski definition) is 10. The van der Waals surface area contributed by atoms with Gasteiger partial charge in [-0.1, -0.05) is 36.4 Å². The quantitative estimate of drug-likeness (QED) is 0.184. The van der Waals surface area contributed by atoms with Gasteiger partial charge in [0.25, 0.3) is 0 Å². The number of benzene rings is 2. The molecule has 0 aromatic heterocycles. The molecule has 0 bridgehead atoms. The Morgan fingerprint density at radius 2 is 1.73 bits per heavy atom. The van der Waals surface area contributed by atoms with Gasteiger partial charge in [0, 0.05) is 13.5 Å². The second-order valence-electron chi connectivity index (χ2n) is 9.05. The summed E-state index contributed by atoms with van der Waals surface area (Å²) in [5.74, 6) is -2.05. The molecule has 1 aliphatic heterocycles. The molecular formula is C27H34N2O11. The molecule has 13 heteroatoms. The van der Waals surface area contributed by atoms with Gasteiger partial charge in [-0.3, -0.25) is 9.69 Å². The first-order valence-corrected chi connectivity index (χ1v) is 12.6. The second-order valence-corrected chi connectivity index (χ2v) is 9.05. The maximum Gasteiger partial charge on any atom is 0.411 e. The third kappa shape index (κ3) is 8.37. The van der Waals surface area contributed by atoms with Gasteiger partial charge in [0.1, 0.15) is 37.4 Å². The van der Waals surface area contributed by atoms with Crippen LogP contribution in [-0.4, -0.2) is 93.9 Å². The number of amides is 2. The van der Waals surface area contributed by atoms with E-state index in [9.17, 15) is 34.8 Å². The van der Waals surface area contributed by atoms with E-state index in [-0.39, 0.29) is 24.8 Å². The number of anilines is 1. The molecule has 0 aliphatic carbocycles. The zero-order valence-electron chi connectivity index (χ0n) is 22.1. The summed E-state index contributed by atoms with van der Waals surface area (Å²) in [6.45, 7) is 3.72. The van der Waals surface area contributed by atoms with Crippen LogP contribution < -0.4 is 10.1 Å². The Kier molecular flexibility index (Phi) is 11.2. The van der Waals surface area contributed by atoms with Crippen molar-refractivity contribution >= 4 is 23.7 Å². The predicted octanol–water partition coefficient (Wildman–Crippen LogP) is 1.09. The lowest BCUT2D eigenvalue weighted by molar-refractivity contribution is -0.271. The lowest BCUT2D eigenvalue weighted by atomic mass is 9.99. The van der Waals surface area contributed by atoms with Gasteiger partial charge in [-0.15, -0.1) is 0 Å². The molecule has 218 valence electrons. The first-order chi connectivity index (χ1) is 19.1. The van der Waals surface area contributed by atoms with Crippen molar-refractivity contribution in [2.75, 3.05) is 25.2 Å². The molecule has 40 heavy (non-hydrogen) atoms. The summed E-state index contributed by atoms with van der Waals surface area (Å²) in [4.78, 5) is 37.1. The smallest absolute Gasteiger partial charge is 0.411 e. The first kappa shape index (κ1) is 30.8. The van der Waals surface area contributed by atoms with E-state index in [1.165, 1.54) is 30.0 Å². The normalized spacial score (nSPS) is 22.3. The average Bonchev–Trinajstić information content (AvgIpc) is 2.93. The minimum absolute atomic E-state index is 0.0240. The largest absolute Gasteiger partial charge is 0.479 e. The van der Waals surface area contributed by atoms with Gasteiger partial charge in [-0.05, 0) is 36.6 Å². The average molecular weight is 563 g/mol. The molecule has 0 saturated carbocycles. The molecular weight excluding hydrogens is 528 g/mol. The van der Waals surface area contributed by atoms with E-state index in [0.717, 1.165) is 5.56 Å². The molecule has 3 rings (SSSR count). The third-order valence-electron chi connectivity index (χ3n) is 6.04. The van der Waals surface area contributed by atoms with Crippen LogP contribution in [0.3, 0.4) is 0 Å². The highest BCUT2D eigenvalue weighted by Crippen LogP contribution is 2.31. The number of aliphatic carboxylic acids is 1. The summed E-state index contributed by atoms with van der Waals surface area (Å²) in [6, 6.07) is 14.2. The summed E-state index contributed by atoms with van der Waals surface area (Å²) in [5, 5.41) is 41.9. The highest BCUT2D eigenvalue weighted by atomic mass is 16.7. The number of ether oxygens (including phenoxy) is 4. The minimum atomic E-state index is -1.88. The number of carboxylic acids is 1. The van der Waals surface area contributed by atoms with Crippen LogP contribution in [0.25, 0.3) is 0 Å². The number of carbonyl (C=O) groups is 3. The van der Waals surface area contributed by atoms with Crippen LogP contribution in [0, 0.1) is 0 Å². The van der Waals surface area contributed by atoms with Crippen molar-refractivity contribution < 1.29 is 53.8 Å². The molecule has 0 radical (unpaired) electrons. The molecule has 1 aliphatic rings. The van der Waals surface area contributed by atoms with Gasteiger partial charge in [0.05, 0.1) is 12.3 Å². The minimum Gasteiger partial charge on any atom is -0.479 e. The topological polar surface area (TPSA) is 184 Å². The number of carbonyl (C=O) groups excluding carboxylic acids is 2. The zero-order chi connectivity index (χ0) is 29.2. The maximum absolute atomic E-state index is 12.6. The van der Waals surface area contributed by atoms with E-state index >= 15 is 0 Å². The van der Waals surface area contributed by atoms with E-state index in [1.54, 1.807) is 6.92 Å². The SMILES string of the molecule is CCN(COCCc1ccccc1)C(=O)OCc1ccc(OC2OC(C(=O)O)C(O)[C@H](O)[C@@H]2O)c(NC(C)=O)c1. The van der Waals surface area contributed by atoms with Crippen molar-refractivity contribution in [3.63, 3.8) is 0 Å². The summed E-state index contributed by atoms with van der Waals surface area (Å²) in [7, 11) is 0. The number of aliphatic hydroxyl groups excluding tert-OH is 3. The van der Waals surface area contributed by atoms with Gasteiger partial charge in [-0.2, -0.15) is 0 Å². The maximum atomic E-state index is 12.6. The van der Waals surface area contributed by atoms with Crippen molar-refractivity contribution in [3.05, 3.63) is 59.7 Å². The summed E-state index contributed by atoms with van der Waals surface area (Å²) >= 11 is 0. The lowest BCUT2D eigenvalue weighted by Crippen LogP contribution is -2.61. The summed E-state index contributed by atoms with van der Waals surface area (Å²) in [5.41, 5.74) is 1.71. The number of aliphatic hydroxyl groups is 3. The third-order valence-corrected chi connectivity index (χ3v) is 6.04. The first-order valence-electron chi connectivity index (χ1n) is 12.6. The van der Waals surface area contributed by atoms with Gasteiger partial charge in [0.2, 0.25) is 12.2 Å². The van der Waals surface area contributed by atoms with Gasteiger partial charge >= 0.3 is 12.1 Å². The Balaban J connectivity index is 1.60. The molecule has 0 spiro atoms. The van der Waals surface area contributed by atoms with Crippen LogP contribution in [0.15, 0.2) is 48.5 Å². The van der Waals surface area contributed by atoms with E-state index in [1.807, 2.05) is 30.3 Å². The van der Waals surface area contributed by atoms with Crippen LogP contribution in [0.1, 0.15) is 25.0 Å². The fourth-order valence-corrected chi connectivity index (χ4v) is 3.85. The summed E-state index contributed by atoms with van der Waals surface area (Å²) in [6.07, 6.45) is -8.94. The Bertz CT molecular complexity index is 1150. The molecule has 1 fully saturated rings. The van der Waals surface area contributed by atoms with Crippen LogP contribution in [0.5, 0.6) is 5.75 Å². The molecule has 2 amide bonds. The number of nitrogens with zero attached hydrogens (tertiary/aromatic N) is 1. The van der Waals surface area contributed by atoms with Crippen molar-refractivity contribution in [1.29, 1.82) is 0 Å². The molecule has 2 aromatic rings. The molecule has 3 unspecified atom stereocenters. The number of hydrogen-bond donors (Lipinski definition) is 5. The van der Waals surface area contributed by atoms with E-state index < -0.39 is 48.7 Å². The molecule has 13 nitrogen and oxygen atoms in total. The Hall–Kier alpha value is -3.75. The van der Waals surface area contributed by atoms with E-state index in [0.29, 0.717) is 25.1 Å². The van der Waals surface area contributed by atoms with Crippen LogP contribution in [-0.2, 0) is 36.8 Å². The van der Waals surface area contributed by atoms with E-state index in [2.05, 4.69) is 5.32 Å². The summed E-state index contributed by atoms with van der Waals surface area (Å²) < 4.78 is 21.7.